The Morgan fingerprint density at radius 3 is 2.25 bits per heavy atom. The number of anilines is 3. The summed E-state index contributed by atoms with van der Waals surface area (Å²) in [6.07, 6.45) is 0.944. The molecule has 1 aromatic heterocycles. The van der Waals surface area contributed by atoms with Crippen LogP contribution in [0.1, 0.15) is 36.5 Å². The molecule has 2 rings (SSSR count). The lowest BCUT2D eigenvalue weighted by molar-refractivity contribution is -0.114. The van der Waals surface area contributed by atoms with Crippen molar-refractivity contribution in [3.63, 3.8) is 0 Å². The highest BCUT2D eigenvalue weighted by molar-refractivity contribution is 6.03. The van der Waals surface area contributed by atoms with Crippen molar-refractivity contribution in [3.8, 4) is 0 Å². The molecule has 0 saturated heterocycles. The van der Waals surface area contributed by atoms with Crippen LogP contribution in [0, 0.1) is 6.92 Å². The summed E-state index contributed by atoms with van der Waals surface area (Å²) in [6, 6.07) is 8.51. The van der Waals surface area contributed by atoms with Gasteiger partial charge in [0.25, 0.3) is 5.91 Å². The van der Waals surface area contributed by atoms with Gasteiger partial charge in [-0.25, -0.2) is 9.97 Å². The molecule has 0 aliphatic carbocycles. The van der Waals surface area contributed by atoms with Gasteiger partial charge in [-0.05, 0) is 43.7 Å². The van der Waals surface area contributed by atoms with Crippen molar-refractivity contribution >= 4 is 29.1 Å². The molecule has 0 aliphatic heterocycles. The Labute approximate surface area is 140 Å². The number of rotatable bonds is 6. The van der Waals surface area contributed by atoms with Gasteiger partial charge < -0.3 is 16.0 Å². The highest BCUT2D eigenvalue weighted by Gasteiger charge is 2.11. The van der Waals surface area contributed by atoms with Gasteiger partial charge in [-0.3, -0.25) is 9.59 Å². The summed E-state index contributed by atoms with van der Waals surface area (Å²) >= 11 is 0. The number of aromatic nitrogens is 2. The lowest BCUT2D eigenvalue weighted by Gasteiger charge is -2.09. The smallest absolute Gasteiger partial charge is 0.274 e. The van der Waals surface area contributed by atoms with E-state index >= 15 is 0 Å². The minimum Gasteiger partial charge on any atom is -0.354 e. The first-order valence-electron chi connectivity index (χ1n) is 7.76. The second-order valence-electron chi connectivity index (χ2n) is 5.36. The summed E-state index contributed by atoms with van der Waals surface area (Å²) in [4.78, 5) is 31.8. The van der Waals surface area contributed by atoms with Crippen LogP contribution in [0.4, 0.5) is 17.3 Å². The summed E-state index contributed by atoms with van der Waals surface area (Å²) in [5, 5.41) is 8.53. The highest BCUT2D eigenvalue weighted by atomic mass is 16.2. The van der Waals surface area contributed by atoms with Gasteiger partial charge >= 0.3 is 0 Å². The molecule has 0 aliphatic rings. The molecule has 0 radical (unpaired) electrons. The fraction of sp³-hybridized carbons (Fsp3) is 0.294. The molecule has 126 valence electrons. The van der Waals surface area contributed by atoms with Gasteiger partial charge in [0.1, 0.15) is 5.69 Å². The third-order valence-electron chi connectivity index (χ3n) is 3.08. The molecule has 3 N–H and O–H groups in total. The molecule has 2 amide bonds. The standard InChI is InChI=1S/C17H21N5O2/c1-4-9-18-17-19-11(2)10-15(22-17)16(24)21-14-7-5-13(6-8-14)20-12(3)23/h5-8,10H,4,9H2,1-3H3,(H,20,23)(H,21,24)(H,18,19,22). The number of amides is 2. The quantitative estimate of drug-likeness (QED) is 0.758. The van der Waals surface area contributed by atoms with Crippen molar-refractivity contribution in [1.29, 1.82) is 0 Å². The molecule has 0 spiro atoms. The minimum atomic E-state index is -0.313. The van der Waals surface area contributed by atoms with E-state index in [1.165, 1.54) is 6.92 Å². The second kappa shape index (κ2) is 8.05. The van der Waals surface area contributed by atoms with Crippen LogP contribution in [-0.4, -0.2) is 28.3 Å². The van der Waals surface area contributed by atoms with Crippen molar-refractivity contribution < 1.29 is 9.59 Å². The molecule has 1 heterocycles. The monoisotopic (exact) mass is 327 g/mol. The topological polar surface area (TPSA) is 96.0 Å². The Balaban J connectivity index is 2.08. The number of nitrogens with zero attached hydrogens (tertiary/aromatic N) is 2. The normalized spacial score (nSPS) is 10.1. The number of hydrogen-bond acceptors (Lipinski definition) is 5. The van der Waals surface area contributed by atoms with Crippen molar-refractivity contribution in [2.45, 2.75) is 27.2 Å². The van der Waals surface area contributed by atoms with Gasteiger partial charge in [-0.15, -0.1) is 0 Å². The molecule has 2 aromatic rings. The van der Waals surface area contributed by atoms with Crippen molar-refractivity contribution in [2.75, 3.05) is 22.5 Å². The van der Waals surface area contributed by atoms with Crippen LogP contribution < -0.4 is 16.0 Å². The molecule has 7 nitrogen and oxygen atoms in total. The van der Waals surface area contributed by atoms with Gasteiger partial charge in [0.15, 0.2) is 0 Å². The van der Waals surface area contributed by atoms with Gasteiger partial charge in [-0.2, -0.15) is 0 Å². The Morgan fingerprint density at radius 1 is 1.04 bits per heavy atom. The van der Waals surface area contributed by atoms with Crippen molar-refractivity contribution in [3.05, 3.63) is 41.7 Å². The summed E-state index contributed by atoms with van der Waals surface area (Å²) in [6.45, 7) is 6.05. The number of nitrogens with one attached hydrogen (secondary N) is 3. The van der Waals surface area contributed by atoms with E-state index in [2.05, 4.69) is 25.9 Å². The van der Waals surface area contributed by atoms with Gasteiger partial charge in [0.2, 0.25) is 11.9 Å². The summed E-state index contributed by atoms with van der Waals surface area (Å²) in [5.74, 6) is -0.00862. The highest BCUT2D eigenvalue weighted by Crippen LogP contribution is 2.15. The van der Waals surface area contributed by atoms with Crippen LogP contribution in [0.2, 0.25) is 0 Å². The van der Waals surface area contributed by atoms with Crippen molar-refractivity contribution in [1.82, 2.24) is 9.97 Å². The summed E-state index contributed by atoms with van der Waals surface area (Å²) in [7, 11) is 0. The van der Waals surface area contributed by atoms with E-state index in [9.17, 15) is 9.59 Å². The maximum atomic E-state index is 12.4. The molecule has 0 bridgehead atoms. The number of carbonyl (C=O) groups excluding carboxylic acids is 2. The zero-order valence-corrected chi connectivity index (χ0v) is 14.0. The van der Waals surface area contributed by atoms with Gasteiger partial charge in [-0.1, -0.05) is 6.92 Å². The number of benzene rings is 1. The van der Waals surface area contributed by atoms with Crippen LogP contribution in [0.3, 0.4) is 0 Å². The molecular formula is C17H21N5O2. The lowest BCUT2D eigenvalue weighted by Crippen LogP contribution is -2.16. The Morgan fingerprint density at radius 2 is 1.67 bits per heavy atom. The maximum Gasteiger partial charge on any atom is 0.274 e. The minimum absolute atomic E-state index is 0.143. The van der Waals surface area contributed by atoms with E-state index in [0.717, 1.165) is 18.7 Å². The first kappa shape index (κ1) is 17.4. The van der Waals surface area contributed by atoms with Gasteiger partial charge in [0, 0.05) is 30.5 Å². The average molecular weight is 327 g/mol. The van der Waals surface area contributed by atoms with E-state index in [-0.39, 0.29) is 11.8 Å². The van der Waals surface area contributed by atoms with Crippen molar-refractivity contribution in [2.24, 2.45) is 0 Å². The van der Waals surface area contributed by atoms with E-state index in [4.69, 9.17) is 0 Å². The molecule has 0 atom stereocenters. The SMILES string of the molecule is CCCNc1nc(C)cc(C(=O)Nc2ccc(NC(C)=O)cc2)n1. The molecule has 0 saturated carbocycles. The average Bonchev–Trinajstić information content (AvgIpc) is 2.53. The third-order valence-corrected chi connectivity index (χ3v) is 3.08. The zero-order chi connectivity index (χ0) is 17.5. The van der Waals surface area contributed by atoms with Crippen LogP contribution in [0.15, 0.2) is 30.3 Å². The van der Waals surface area contributed by atoms with E-state index < -0.39 is 0 Å². The summed E-state index contributed by atoms with van der Waals surface area (Å²) < 4.78 is 0. The van der Waals surface area contributed by atoms with Crippen LogP contribution in [-0.2, 0) is 4.79 Å². The van der Waals surface area contributed by atoms with E-state index in [0.29, 0.717) is 23.0 Å². The number of aryl methyl sites for hydroxylation is 1. The Kier molecular flexibility index (Phi) is 5.83. The predicted octanol–water partition coefficient (Wildman–Crippen LogP) is 2.82. The van der Waals surface area contributed by atoms with Crippen LogP contribution in [0.25, 0.3) is 0 Å². The number of carbonyl (C=O) groups is 2. The molecule has 7 heteroatoms. The third kappa shape index (κ3) is 5.05. The Hall–Kier alpha value is -2.96. The first-order chi connectivity index (χ1) is 11.5. The molecule has 0 fully saturated rings. The molecule has 0 unspecified atom stereocenters. The fourth-order valence-electron chi connectivity index (χ4n) is 2.04. The van der Waals surface area contributed by atoms with Crippen LogP contribution in [0.5, 0.6) is 0 Å². The molecular weight excluding hydrogens is 306 g/mol. The largest absolute Gasteiger partial charge is 0.354 e. The first-order valence-corrected chi connectivity index (χ1v) is 7.76. The lowest BCUT2D eigenvalue weighted by atomic mass is 10.2. The van der Waals surface area contributed by atoms with E-state index in [1.54, 1.807) is 30.3 Å². The second-order valence-corrected chi connectivity index (χ2v) is 5.36. The molecule has 24 heavy (non-hydrogen) atoms. The predicted molar refractivity (Wildman–Crippen MR) is 94.2 cm³/mol. The van der Waals surface area contributed by atoms with E-state index in [1.807, 2.05) is 13.8 Å². The maximum absolute atomic E-state index is 12.4. The number of hydrogen-bond donors (Lipinski definition) is 3. The van der Waals surface area contributed by atoms with Gasteiger partial charge in [0.05, 0.1) is 0 Å². The van der Waals surface area contributed by atoms with Crippen LogP contribution >= 0.6 is 0 Å². The molecule has 1 aromatic carbocycles. The zero-order valence-electron chi connectivity index (χ0n) is 14.0. The Bertz CT molecular complexity index is 728. The fourth-order valence-corrected chi connectivity index (χ4v) is 2.04. The summed E-state index contributed by atoms with van der Waals surface area (Å²) in [5.41, 5.74) is 2.31.